The molecule has 0 bridgehead atoms. The summed E-state index contributed by atoms with van der Waals surface area (Å²) in [6, 6.07) is 2.67. The lowest BCUT2D eigenvalue weighted by Crippen LogP contribution is -2.40. The van der Waals surface area contributed by atoms with E-state index in [1.807, 2.05) is 0 Å². The maximum Gasteiger partial charge on any atom is 0.232 e. The van der Waals surface area contributed by atoms with Gasteiger partial charge in [-0.2, -0.15) is 9.97 Å². The third-order valence-electron chi connectivity index (χ3n) is 6.24. The van der Waals surface area contributed by atoms with Crippen molar-refractivity contribution in [2.24, 2.45) is 11.8 Å². The van der Waals surface area contributed by atoms with E-state index >= 15 is 0 Å². The number of piperidine rings is 1. The van der Waals surface area contributed by atoms with Crippen LogP contribution in [0.15, 0.2) is 6.07 Å². The van der Waals surface area contributed by atoms with Gasteiger partial charge in [-0.15, -0.1) is 0 Å². The molecule has 1 aliphatic carbocycles. The van der Waals surface area contributed by atoms with Crippen molar-refractivity contribution in [3.63, 3.8) is 0 Å². The maximum absolute atomic E-state index is 5.56. The lowest BCUT2D eigenvalue weighted by molar-refractivity contribution is 0.355. The first-order chi connectivity index (χ1) is 13.6. The lowest BCUT2D eigenvalue weighted by Gasteiger charge is -2.36. The van der Waals surface area contributed by atoms with Gasteiger partial charge >= 0.3 is 0 Å². The Morgan fingerprint density at radius 2 is 1.57 bits per heavy atom. The monoisotopic (exact) mass is 402 g/mol. The molecule has 0 radical (unpaired) electrons. The van der Waals surface area contributed by atoms with Crippen LogP contribution in [-0.2, 0) is 0 Å². The number of hydrogen-bond acceptors (Lipinski definition) is 5. The third kappa shape index (κ3) is 4.85. The summed E-state index contributed by atoms with van der Waals surface area (Å²) in [5.41, 5.74) is 0. The van der Waals surface area contributed by atoms with E-state index in [1.54, 1.807) is 0 Å². The minimum atomic E-state index is 0.491. The highest BCUT2D eigenvalue weighted by Gasteiger charge is 2.25. The molecule has 0 spiro atoms. The molecule has 28 heavy (non-hydrogen) atoms. The summed E-state index contributed by atoms with van der Waals surface area (Å²) in [6.07, 6.45) is 8.74. The van der Waals surface area contributed by atoms with E-state index in [2.05, 4.69) is 40.3 Å². The summed E-state index contributed by atoms with van der Waals surface area (Å²) in [7, 11) is 0. The number of anilines is 3. The zero-order chi connectivity index (χ0) is 19.5. The zero-order valence-corrected chi connectivity index (χ0v) is 18.1. The number of nitrogens with zero attached hydrogens (tertiary/aromatic N) is 4. The Morgan fingerprint density at radius 3 is 2.21 bits per heavy atom. The molecule has 3 fully saturated rings. The fourth-order valence-corrected chi connectivity index (χ4v) is 5.25. The van der Waals surface area contributed by atoms with Gasteiger partial charge in [-0.25, -0.2) is 0 Å². The lowest BCUT2D eigenvalue weighted by atomic mass is 9.92. The largest absolute Gasteiger partial charge is 0.360 e. The molecule has 7 heteroatoms. The van der Waals surface area contributed by atoms with Gasteiger partial charge in [-0.05, 0) is 56.2 Å². The normalized spacial score (nSPS) is 25.9. The van der Waals surface area contributed by atoms with Crippen LogP contribution in [0.3, 0.4) is 0 Å². The van der Waals surface area contributed by atoms with Gasteiger partial charge in [0.2, 0.25) is 5.95 Å². The summed E-state index contributed by atoms with van der Waals surface area (Å²) in [4.78, 5) is 14.5. The molecule has 3 heterocycles. The third-order valence-corrected chi connectivity index (χ3v) is 6.46. The molecule has 6 nitrogen and oxygen atoms in total. The standard InChI is InChI=1S/C21H34N6S/c1-15-11-16(2)14-27(13-15)19-12-18(26-9-5-6-10-26)23-20(24-19)25-21(28)22-17-7-3-4-8-17/h12,15-17H,3-11,13-14H2,1-2H3,(H2,22,23,24,25,28)/t15-,16-/m1/s1. The van der Waals surface area contributed by atoms with Gasteiger partial charge in [0.1, 0.15) is 11.6 Å². The van der Waals surface area contributed by atoms with Gasteiger partial charge in [0.05, 0.1) is 0 Å². The molecule has 4 rings (SSSR count). The van der Waals surface area contributed by atoms with Gasteiger partial charge < -0.3 is 20.4 Å². The average molecular weight is 403 g/mol. The van der Waals surface area contributed by atoms with E-state index in [4.69, 9.17) is 22.2 Å². The Kier molecular flexibility index (Phi) is 6.19. The summed E-state index contributed by atoms with van der Waals surface area (Å²) in [5.74, 6) is 4.06. The fraction of sp³-hybridized carbons (Fsp3) is 0.762. The van der Waals surface area contributed by atoms with Crippen molar-refractivity contribution in [2.75, 3.05) is 41.3 Å². The van der Waals surface area contributed by atoms with Crippen LogP contribution < -0.4 is 20.4 Å². The van der Waals surface area contributed by atoms with Gasteiger partial charge in [0.25, 0.3) is 0 Å². The second-order valence-electron chi connectivity index (χ2n) is 9.03. The molecule has 0 aromatic carbocycles. The van der Waals surface area contributed by atoms with E-state index < -0.39 is 0 Å². The van der Waals surface area contributed by atoms with Crippen molar-refractivity contribution in [3.05, 3.63) is 6.07 Å². The molecule has 1 aromatic rings. The average Bonchev–Trinajstić information content (AvgIpc) is 3.34. The zero-order valence-electron chi connectivity index (χ0n) is 17.3. The van der Waals surface area contributed by atoms with Gasteiger partial charge in [0.15, 0.2) is 5.11 Å². The summed E-state index contributed by atoms with van der Waals surface area (Å²) in [5, 5.41) is 7.37. The number of thiocarbonyl (C=S) groups is 1. The fourth-order valence-electron chi connectivity index (χ4n) is 4.99. The Balaban J connectivity index is 1.54. The molecule has 1 aromatic heterocycles. The molecular weight excluding hydrogens is 368 g/mol. The van der Waals surface area contributed by atoms with Crippen LogP contribution in [0.5, 0.6) is 0 Å². The van der Waals surface area contributed by atoms with Crippen molar-refractivity contribution in [2.45, 2.75) is 64.8 Å². The number of nitrogens with one attached hydrogen (secondary N) is 2. The van der Waals surface area contributed by atoms with E-state index in [1.165, 1.54) is 44.9 Å². The van der Waals surface area contributed by atoms with Crippen molar-refractivity contribution in [1.82, 2.24) is 15.3 Å². The van der Waals surface area contributed by atoms with Crippen molar-refractivity contribution in [1.29, 1.82) is 0 Å². The summed E-state index contributed by atoms with van der Waals surface area (Å²) in [6.45, 7) is 8.95. The number of rotatable bonds is 4. The van der Waals surface area contributed by atoms with Crippen LogP contribution in [0.25, 0.3) is 0 Å². The van der Waals surface area contributed by atoms with E-state index in [9.17, 15) is 0 Å². The minimum absolute atomic E-state index is 0.491. The Bertz CT molecular complexity index is 673. The molecule has 0 amide bonds. The first-order valence-corrected chi connectivity index (χ1v) is 11.4. The Hall–Kier alpha value is -1.63. The predicted molar refractivity (Wildman–Crippen MR) is 120 cm³/mol. The van der Waals surface area contributed by atoms with Crippen LogP contribution in [0.2, 0.25) is 0 Å². The molecule has 0 unspecified atom stereocenters. The molecule has 2 aliphatic heterocycles. The van der Waals surface area contributed by atoms with Gasteiger partial charge in [0, 0.05) is 38.3 Å². The van der Waals surface area contributed by atoms with Crippen LogP contribution in [0.4, 0.5) is 17.6 Å². The SMILES string of the molecule is C[C@@H]1C[C@@H](C)CN(c2cc(N3CCCC3)nc(NC(=S)NC3CCCC3)n2)C1. The molecule has 1 saturated carbocycles. The van der Waals surface area contributed by atoms with Crippen molar-refractivity contribution >= 4 is 34.9 Å². The second kappa shape index (κ2) is 8.80. The topological polar surface area (TPSA) is 56.3 Å². The smallest absolute Gasteiger partial charge is 0.232 e. The van der Waals surface area contributed by atoms with Crippen LogP contribution >= 0.6 is 12.2 Å². The number of hydrogen-bond donors (Lipinski definition) is 2. The van der Waals surface area contributed by atoms with Crippen molar-refractivity contribution < 1.29 is 0 Å². The first-order valence-electron chi connectivity index (χ1n) is 11.0. The Labute approximate surface area is 174 Å². The molecule has 2 saturated heterocycles. The van der Waals surface area contributed by atoms with E-state index in [0.717, 1.165) is 37.8 Å². The minimum Gasteiger partial charge on any atom is -0.360 e. The molecule has 2 N–H and O–H groups in total. The second-order valence-corrected chi connectivity index (χ2v) is 9.44. The highest BCUT2D eigenvalue weighted by molar-refractivity contribution is 7.80. The van der Waals surface area contributed by atoms with Gasteiger partial charge in [-0.1, -0.05) is 26.7 Å². The quantitative estimate of drug-likeness (QED) is 0.743. The summed E-state index contributed by atoms with van der Waals surface area (Å²) < 4.78 is 0. The predicted octanol–water partition coefficient (Wildman–Crippen LogP) is 3.79. The molecule has 2 atom stereocenters. The highest BCUT2D eigenvalue weighted by Crippen LogP contribution is 2.29. The van der Waals surface area contributed by atoms with E-state index in [0.29, 0.717) is 28.9 Å². The number of aromatic nitrogens is 2. The first kappa shape index (κ1) is 19.7. The molecule has 3 aliphatic rings. The Morgan fingerprint density at radius 1 is 0.964 bits per heavy atom. The highest BCUT2D eigenvalue weighted by atomic mass is 32.1. The molecule has 154 valence electrons. The van der Waals surface area contributed by atoms with Crippen LogP contribution in [0, 0.1) is 11.8 Å². The van der Waals surface area contributed by atoms with Gasteiger partial charge in [-0.3, -0.25) is 0 Å². The molecular formula is C21H34N6S. The van der Waals surface area contributed by atoms with E-state index in [-0.39, 0.29) is 0 Å². The van der Waals surface area contributed by atoms with Crippen molar-refractivity contribution in [3.8, 4) is 0 Å². The van der Waals surface area contributed by atoms with Crippen LogP contribution in [-0.4, -0.2) is 47.3 Å². The maximum atomic E-state index is 5.56. The summed E-state index contributed by atoms with van der Waals surface area (Å²) >= 11 is 5.56. The van der Waals surface area contributed by atoms with Crippen LogP contribution in [0.1, 0.15) is 58.8 Å².